The summed E-state index contributed by atoms with van der Waals surface area (Å²) in [5.41, 5.74) is 1.89. The topological polar surface area (TPSA) is 51.2 Å². The Kier molecular flexibility index (Phi) is 11.0. The summed E-state index contributed by atoms with van der Waals surface area (Å²) >= 11 is 0. The van der Waals surface area contributed by atoms with E-state index in [-0.39, 0.29) is 30.6 Å². The molecule has 1 aliphatic heterocycles. The van der Waals surface area contributed by atoms with Crippen molar-refractivity contribution < 1.29 is 19.0 Å². The molecule has 0 bridgehead atoms. The number of halogens is 2. The molecule has 0 aliphatic carbocycles. The fourth-order valence-electron chi connectivity index (χ4n) is 3.48. The van der Waals surface area contributed by atoms with Gasteiger partial charge in [-0.05, 0) is 17.7 Å². The lowest BCUT2D eigenvalue weighted by Gasteiger charge is -2.34. The molecule has 2 aromatic carbocycles. The molecule has 3 rings (SSSR count). The monoisotopic (exact) mass is 456 g/mol. The van der Waals surface area contributed by atoms with Crippen LogP contribution in [0, 0.1) is 0 Å². The second kappa shape index (κ2) is 12.6. The maximum absolute atomic E-state index is 12.8. The minimum atomic E-state index is 0. The Balaban J connectivity index is 0.00000225. The summed E-state index contributed by atoms with van der Waals surface area (Å²) in [5.74, 6) is 1.54. The van der Waals surface area contributed by atoms with Gasteiger partial charge in [0.2, 0.25) is 5.75 Å². The molecule has 0 radical (unpaired) electrons. The van der Waals surface area contributed by atoms with Crippen LogP contribution in [0.2, 0.25) is 0 Å². The first kappa shape index (κ1) is 26.0. The number of ketones is 1. The summed E-state index contributed by atoms with van der Waals surface area (Å²) in [6.07, 6.45) is 0. The van der Waals surface area contributed by atoms with E-state index >= 15 is 0 Å². The van der Waals surface area contributed by atoms with Crippen LogP contribution in [0.15, 0.2) is 42.5 Å². The molecular weight excluding hydrogens is 427 g/mol. The molecule has 8 heteroatoms. The minimum Gasteiger partial charge on any atom is -0.493 e. The van der Waals surface area contributed by atoms with E-state index in [1.807, 2.05) is 6.07 Å². The zero-order chi connectivity index (χ0) is 19.9. The maximum atomic E-state index is 12.8. The number of nitrogens with zero attached hydrogens (tertiary/aromatic N) is 2. The molecule has 0 spiro atoms. The standard InChI is InChI=1S/C22H28N2O4.2ClH/c1-26-20-13-18(14-21(27-2)22(20)28-3)19(25)16-24-11-9-23(10-12-24)15-17-7-5-4-6-8-17;;/h4-8,13-14H,9-12,15-16H2,1-3H3;2*1H. The number of rotatable bonds is 8. The van der Waals surface area contributed by atoms with Gasteiger partial charge in [-0.3, -0.25) is 14.6 Å². The third-order valence-electron chi connectivity index (χ3n) is 5.07. The van der Waals surface area contributed by atoms with E-state index in [1.165, 1.54) is 5.56 Å². The first-order chi connectivity index (χ1) is 13.6. The Labute approximate surface area is 190 Å². The quantitative estimate of drug-likeness (QED) is 0.566. The molecule has 30 heavy (non-hydrogen) atoms. The van der Waals surface area contributed by atoms with Crippen molar-refractivity contribution in [3.63, 3.8) is 0 Å². The van der Waals surface area contributed by atoms with Gasteiger partial charge in [0.05, 0.1) is 27.9 Å². The van der Waals surface area contributed by atoms with Gasteiger partial charge in [-0.15, -0.1) is 24.8 Å². The maximum Gasteiger partial charge on any atom is 0.203 e. The predicted molar refractivity (Wildman–Crippen MR) is 123 cm³/mol. The van der Waals surface area contributed by atoms with Gasteiger partial charge in [-0.2, -0.15) is 0 Å². The Morgan fingerprint density at radius 3 is 1.87 bits per heavy atom. The second-order valence-corrected chi connectivity index (χ2v) is 6.88. The molecule has 0 aromatic heterocycles. The number of piperazine rings is 1. The summed E-state index contributed by atoms with van der Waals surface area (Å²) in [7, 11) is 4.66. The van der Waals surface area contributed by atoms with Crippen molar-refractivity contribution in [1.29, 1.82) is 0 Å². The highest BCUT2D eigenvalue weighted by Gasteiger charge is 2.22. The molecule has 166 valence electrons. The van der Waals surface area contributed by atoms with E-state index in [1.54, 1.807) is 33.5 Å². The van der Waals surface area contributed by atoms with Crippen molar-refractivity contribution in [3.05, 3.63) is 53.6 Å². The number of hydrogen-bond acceptors (Lipinski definition) is 6. The number of benzene rings is 2. The van der Waals surface area contributed by atoms with Gasteiger partial charge in [-0.1, -0.05) is 30.3 Å². The van der Waals surface area contributed by atoms with Crippen molar-refractivity contribution in [2.45, 2.75) is 6.54 Å². The van der Waals surface area contributed by atoms with Crippen molar-refractivity contribution in [2.75, 3.05) is 54.1 Å². The van der Waals surface area contributed by atoms with E-state index in [2.05, 4.69) is 34.1 Å². The highest BCUT2D eigenvalue weighted by atomic mass is 35.5. The Morgan fingerprint density at radius 2 is 1.37 bits per heavy atom. The van der Waals surface area contributed by atoms with E-state index < -0.39 is 0 Å². The van der Waals surface area contributed by atoms with Crippen molar-refractivity contribution in [1.82, 2.24) is 9.80 Å². The molecule has 0 atom stereocenters. The lowest BCUT2D eigenvalue weighted by atomic mass is 10.1. The minimum absolute atomic E-state index is 0. The molecule has 0 N–H and O–H groups in total. The van der Waals surface area contributed by atoms with Crippen molar-refractivity contribution in [3.8, 4) is 17.2 Å². The van der Waals surface area contributed by atoms with Crippen LogP contribution >= 0.6 is 24.8 Å². The number of carbonyl (C=O) groups excluding carboxylic acids is 1. The fraction of sp³-hybridized carbons (Fsp3) is 0.409. The lowest BCUT2D eigenvalue weighted by molar-refractivity contribution is 0.0843. The van der Waals surface area contributed by atoms with Gasteiger partial charge < -0.3 is 14.2 Å². The van der Waals surface area contributed by atoms with Crippen LogP contribution in [-0.2, 0) is 6.54 Å². The zero-order valence-electron chi connectivity index (χ0n) is 17.6. The number of methoxy groups -OCH3 is 3. The van der Waals surface area contributed by atoms with Gasteiger partial charge in [0.25, 0.3) is 0 Å². The molecule has 0 unspecified atom stereocenters. The average molecular weight is 457 g/mol. The van der Waals surface area contributed by atoms with Crippen LogP contribution in [0.3, 0.4) is 0 Å². The summed E-state index contributed by atoms with van der Waals surface area (Å²) < 4.78 is 16.0. The van der Waals surface area contributed by atoms with Crippen LogP contribution in [0.5, 0.6) is 17.2 Å². The van der Waals surface area contributed by atoms with Crippen LogP contribution < -0.4 is 14.2 Å². The van der Waals surface area contributed by atoms with Crippen LogP contribution in [0.25, 0.3) is 0 Å². The largest absolute Gasteiger partial charge is 0.493 e. The SMILES string of the molecule is COc1cc(C(=O)CN2CCN(Cc3ccccc3)CC2)cc(OC)c1OC.Cl.Cl. The third kappa shape index (κ3) is 6.51. The number of Topliss-reactive ketones (excluding diaryl/α,β-unsaturated/α-hetero) is 1. The first-order valence-corrected chi connectivity index (χ1v) is 9.46. The molecule has 1 fully saturated rings. The summed E-state index contributed by atoms with van der Waals surface area (Å²) in [6, 6.07) is 13.9. The van der Waals surface area contributed by atoms with Gasteiger partial charge >= 0.3 is 0 Å². The normalized spacial score (nSPS) is 14.2. The molecular formula is C22H30Cl2N2O4. The second-order valence-electron chi connectivity index (χ2n) is 6.88. The summed E-state index contributed by atoms with van der Waals surface area (Å²) in [6.45, 7) is 5.01. The van der Waals surface area contributed by atoms with Gasteiger partial charge in [0.15, 0.2) is 17.3 Å². The lowest BCUT2D eigenvalue weighted by Crippen LogP contribution is -2.47. The molecule has 1 aliphatic rings. The number of hydrogen-bond donors (Lipinski definition) is 0. The van der Waals surface area contributed by atoms with Gasteiger partial charge in [0.1, 0.15) is 0 Å². The molecule has 2 aromatic rings. The highest BCUT2D eigenvalue weighted by molar-refractivity contribution is 5.98. The van der Waals surface area contributed by atoms with Crippen molar-refractivity contribution in [2.24, 2.45) is 0 Å². The van der Waals surface area contributed by atoms with Crippen LogP contribution in [0.1, 0.15) is 15.9 Å². The molecule has 0 amide bonds. The number of carbonyl (C=O) groups is 1. The number of ether oxygens (including phenoxy) is 3. The Hall–Kier alpha value is -1.99. The van der Waals surface area contributed by atoms with Crippen LogP contribution in [0.4, 0.5) is 0 Å². The molecule has 1 heterocycles. The van der Waals surface area contributed by atoms with Gasteiger partial charge in [0, 0.05) is 38.3 Å². The van der Waals surface area contributed by atoms with Gasteiger partial charge in [-0.25, -0.2) is 0 Å². The predicted octanol–water partition coefficient (Wildman–Crippen LogP) is 3.56. The van der Waals surface area contributed by atoms with E-state index in [0.29, 0.717) is 29.4 Å². The Bertz CT molecular complexity index is 772. The van der Waals surface area contributed by atoms with E-state index in [9.17, 15) is 4.79 Å². The zero-order valence-corrected chi connectivity index (χ0v) is 19.3. The van der Waals surface area contributed by atoms with E-state index in [4.69, 9.17) is 14.2 Å². The summed E-state index contributed by atoms with van der Waals surface area (Å²) in [4.78, 5) is 17.4. The smallest absolute Gasteiger partial charge is 0.203 e. The van der Waals surface area contributed by atoms with Crippen molar-refractivity contribution >= 4 is 30.6 Å². The molecule has 6 nitrogen and oxygen atoms in total. The van der Waals surface area contributed by atoms with E-state index in [0.717, 1.165) is 32.7 Å². The Morgan fingerprint density at radius 1 is 0.833 bits per heavy atom. The third-order valence-corrected chi connectivity index (χ3v) is 5.07. The highest BCUT2D eigenvalue weighted by Crippen LogP contribution is 2.38. The fourth-order valence-corrected chi connectivity index (χ4v) is 3.48. The first-order valence-electron chi connectivity index (χ1n) is 9.46. The summed E-state index contributed by atoms with van der Waals surface area (Å²) in [5, 5.41) is 0. The average Bonchev–Trinajstić information content (AvgIpc) is 2.74. The van der Waals surface area contributed by atoms with Crippen LogP contribution in [-0.4, -0.2) is 69.6 Å². The molecule has 1 saturated heterocycles. The molecule has 0 saturated carbocycles.